The maximum atomic E-state index is 5.65. The summed E-state index contributed by atoms with van der Waals surface area (Å²) >= 11 is 0. The van der Waals surface area contributed by atoms with Crippen LogP contribution >= 0.6 is 0 Å². The van der Waals surface area contributed by atoms with Crippen LogP contribution < -0.4 is 4.90 Å². The van der Waals surface area contributed by atoms with Crippen LogP contribution in [-0.2, 0) is 11.8 Å². The first-order valence-electron chi connectivity index (χ1n) is 10.2. The van der Waals surface area contributed by atoms with Gasteiger partial charge in [-0.05, 0) is 19.1 Å². The van der Waals surface area contributed by atoms with Crippen LogP contribution in [0.3, 0.4) is 0 Å². The van der Waals surface area contributed by atoms with Crippen LogP contribution in [0.1, 0.15) is 6.92 Å². The second-order valence-electron chi connectivity index (χ2n) is 7.69. The van der Waals surface area contributed by atoms with Crippen molar-refractivity contribution >= 4 is 28.0 Å². The van der Waals surface area contributed by atoms with Gasteiger partial charge in [0.25, 0.3) is 0 Å². The molecule has 1 fully saturated rings. The zero-order valence-corrected chi connectivity index (χ0v) is 17.2. The van der Waals surface area contributed by atoms with Crippen molar-refractivity contribution in [2.75, 3.05) is 24.7 Å². The summed E-state index contributed by atoms with van der Waals surface area (Å²) in [5.74, 6) is 2.34. The lowest BCUT2D eigenvalue weighted by molar-refractivity contribution is 0.0987. The predicted octanol–water partition coefficient (Wildman–Crippen LogP) is 2.32. The average molecular weight is 415 g/mol. The zero-order valence-electron chi connectivity index (χ0n) is 17.2. The summed E-state index contributed by atoms with van der Waals surface area (Å²) in [5.41, 5.74) is 3.23. The number of hydrogen-bond acceptors (Lipinski definition) is 7. The Morgan fingerprint density at radius 3 is 2.90 bits per heavy atom. The first kappa shape index (κ1) is 18.0. The molecule has 0 amide bonds. The number of nitrogens with one attached hydrogen (secondary N) is 1. The lowest BCUT2D eigenvalue weighted by atomic mass is 10.1. The molecule has 0 bridgehead atoms. The van der Waals surface area contributed by atoms with Gasteiger partial charge < -0.3 is 14.6 Å². The number of nitrogens with zero attached hydrogens (tertiary/aromatic N) is 8. The van der Waals surface area contributed by atoms with Gasteiger partial charge in [-0.3, -0.25) is 9.25 Å². The Bertz CT molecular complexity index is 1400. The fourth-order valence-electron chi connectivity index (χ4n) is 4.17. The molecular formula is C21H21N9O. The largest absolute Gasteiger partial charge is 0.377 e. The van der Waals surface area contributed by atoms with E-state index in [1.165, 1.54) is 0 Å². The smallest absolute Gasteiger partial charge is 0.171 e. The van der Waals surface area contributed by atoms with E-state index >= 15 is 0 Å². The van der Waals surface area contributed by atoms with E-state index in [9.17, 15) is 0 Å². The number of pyridine rings is 1. The third-order valence-electron chi connectivity index (χ3n) is 5.76. The molecule has 5 aromatic heterocycles. The molecule has 0 aliphatic carbocycles. The Morgan fingerprint density at radius 2 is 2.06 bits per heavy atom. The lowest BCUT2D eigenvalue weighted by Gasteiger charge is -2.34. The SMILES string of the molecule is C[C@@H]1COCCN1c1nc(-c2ccnc3[nH]ccc23)nc2c1ncn2-c1ccnn1C. The molecule has 10 nitrogen and oxygen atoms in total. The quantitative estimate of drug-likeness (QED) is 0.482. The summed E-state index contributed by atoms with van der Waals surface area (Å²) in [6.07, 6.45) is 7.20. The maximum Gasteiger partial charge on any atom is 0.171 e. The Morgan fingerprint density at radius 1 is 1.13 bits per heavy atom. The topological polar surface area (TPSA) is 103 Å². The highest BCUT2D eigenvalue weighted by molar-refractivity contribution is 5.93. The Hall–Kier alpha value is -3.79. The fraction of sp³-hybridized carbons (Fsp3) is 0.286. The van der Waals surface area contributed by atoms with E-state index < -0.39 is 0 Å². The second kappa shape index (κ2) is 6.88. The number of aryl methyl sites for hydroxylation is 1. The number of morpholine rings is 1. The van der Waals surface area contributed by atoms with E-state index in [0.29, 0.717) is 19.0 Å². The van der Waals surface area contributed by atoms with Gasteiger partial charge in [-0.15, -0.1) is 0 Å². The minimum absolute atomic E-state index is 0.186. The highest BCUT2D eigenvalue weighted by Gasteiger charge is 2.26. The summed E-state index contributed by atoms with van der Waals surface area (Å²) in [4.78, 5) is 24.5. The van der Waals surface area contributed by atoms with Crippen LogP contribution in [-0.4, -0.2) is 65.1 Å². The molecule has 1 aliphatic rings. The summed E-state index contributed by atoms with van der Waals surface area (Å²) in [7, 11) is 1.90. The van der Waals surface area contributed by atoms with Crippen molar-refractivity contribution in [3.05, 3.63) is 43.1 Å². The molecule has 0 spiro atoms. The molecule has 6 rings (SSSR count). The minimum atomic E-state index is 0.186. The molecule has 0 saturated carbocycles. The molecule has 5 aromatic rings. The molecule has 1 aliphatic heterocycles. The molecule has 1 N–H and O–H groups in total. The molecule has 6 heterocycles. The van der Waals surface area contributed by atoms with Crippen LogP contribution in [0.25, 0.3) is 39.4 Å². The van der Waals surface area contributed by atoms with Crippen molar-refractivity contribution in [1.82, 2.24) is 39.3 Å². The Balaban J connectivity index is 1.64. The van der Waals surface area contributed by atoms with Gasteiger partial charge in [0, 0.05) is 43.0 Å². The first-order chi connectivity index (χ1) is 15.2. The van der Waals surface area contributed by atoms with E-state index in [4.69, 9.17) is 19.7 Å². The van der Waals surface area contributed by atoms with Crippen molar-refractivity contribution in [2.45, 2.75) is 13.0 Å². The fourth-order valence-corrected chi connectivity index (χ4v) is 4.17. The van der Waals surface area contributed by atoms with E-state index in [1.54, 1.807) is 23.4 Å². The molecule has 156 valence electrons. The zero-order chi connectivity index (χ0) is 20.9. The van der Waals surface area contributed by atoms with Gasteiger partial charge in [0.15, 0.2) is 22.8 Å². The van der Waals surface area contributed by atoms with Crippen molar-refractivity contribution < 1.29 is 4.74 Å². The maximum absolute atomic E-state index is 5.65. The van der Waals surface area contributed by atoms with Gasteiger partial charge in [-0.25, -0.2) is 19.9 Å². The van der Waals surface area contributed by atoms with Gasteiger partial charge in [-0.2, -0.15) is 5.10 Å². The number of ether oxygens (including phenoxy) is 1. The van der Waals surface area contributed by atoms with Crippen molar-refractivity contribution in [1.29, 1.82) is 0 Å². The number of H-pyrrole nitrogens is 1. The summed E-state index contributed by atoms with van der Waals surface area (Å²) in [5, 5.41) is 5.28. The molecule has 0 radical (unpaired) electrons. The normalized spacial score (nSPS) is 17.1. The first-order valence-corrected chi connectivity index (χ1v) is 10.2. The predicted molar refractivity (Wildman–Crippen MR) is 116 cm³/mol. The highest BCUT2D eigenvalue weighted by atomic mass is 16.5. The number of aromatic amines is 1. The molecular weight excluding hydrogens is 394 g/mol. The van der Waals surface area contributed by atoms with Crippen LogP contribution in [0.5, 0.6) is 0 Å². The number of anilines is 1. The van der Waals surface area contributed by atoms with Crippen molar-refractivity contribution in [2.24, 2.45) is 7.05 Å². The van der Waals surface area contributed by atoms with E-state index in [1.807, 2.05) is 36.0 Å². The Labute approximate surface area is 177 Å². The van der Waals surface area contributed by atoms with Gasteiger partial charge >= 0.3 is 0 Å². The number of imidazole rings is 1. The molecule has 10 heteroatoms. The van der Waals surface area contributed by atoms with Gasteiger partial charge in [-0.1, -0.05) is 0 Å². The van der Waals surface area contributed by atoms with Crippen molar-refractivity contribution in [3.63, 3.8) is 0 Å². The lowest BCUT2D eigenvalue weighted by Crippen LogP contribution is -2.44. The molecule has 1 saturated heterocycles. The summed E-state index contributed by atoms with van der Waals surface area (Å²) in [6, 6.07) is 6.08. The van der Waals surface area contributed by atoms with Crippen LogP contribution in [0.2, 0.25) is 0 Å². The number of hydrogen-bond donors (Lipinski definition) is 1. The number of rotatable bonds is 3. The molecule has 1 atom stereocenters. The van der Waals surface area contributed by atoms with Crippen LogP contribution in [0.15, 0.2) is 43.1 Å². The van der Waals surface area contributed by atoms with Crippen LogP contribution in [0.4, 0.5) is 5.82 Å². The standard InChI is InChI=1S/C21H21N9O/c1-13-11-31-10-9-29(13)20-17-21(30(12-24-17)16-5-8-25-28(16)2)27-19(26-20)15-4-7-23-18-14(15)3-6-22-18/h3-8,12-13H,9-11H2,1-2H3,(H,22,23)/t13-/m1/s1. The van der Waals surface area contributed by atoms with E-state index in [-0.39, 0.29) is 6.04 Å². The monoisotopic (exact) mass is 415 g/mol. The van der Waals surface area contributed by atoms with E-state index in [0.717, 1.165) is 45.9 Å². The number of aromatic nitrogens is 8. The van der Waals surface area contributed by atoms with Crippen molar-refractivity contribution in [3.8, 4) is 17.2 Å². The van der Waals surface area contributed by atoms with Gasteiger partial charge in [0.2, 0.25) is 0 Å². The average Bonchev–Trinajstić information content (AvgIpc) is 3.52. The van der Waals surface area contributed by atoms with Crippen LogP contribution in [0, 0.1) is 0 Å². The van der Waals surface area contributed by atoms with Gasteiger partial charge in [0.1, 0.15) is 17.8 Å². The minimum Gasteiger partial charge on any atom is -0.377 e. The Kier molecular flexibility index (Phi) is 4.00. The third-order valence-corrected chi connectivity index (χ3v) is 5.76. The molecule has 0 unspecified atom stereocenters. The third kappa shape index (κ3) is 2.79. The summed E-state index contributed by atoms with van der Waals surface area (Å²) in [6.45, 7) is 4.20. The molecule has 0 aromatic carbocycles. The second-order valence-corrected chi connectivity index (χ2v) is 7.69. The molecule has 31 heavy (non-hydrogen) atoms. The number of fused-ring (bicyclic) bond motifs is 2. The van der Waals surface area contributed by atoms with Gasteiger partial charge in [0.05, 0.1) is 25.5 Å². The van der Waals surface area contributed by atoms with E-state index in [2.05, 4.69) is 26.9 Å². The summed E-state index contributed by atoms with van der Waals surface area (Å²) < 4.78 is 9.41. The highest BCUT2D eigenvalue weighted by Crippen LogP contribution is 2.32.